The minimum absolute atomic E-state index is 0.639. The third kappa shape index (κ3) is 3.35. The van der Waals surface area contributed by atoms with Crippen LogP contribution in [0.4, 0.5) is 4.39 Å². The van der Waals surface area contributed by atoms with Crippen LogP contribution >= 0.6 is 0 Å². The number of rotatable bonds is 3. The van der Waals surface area contributed by atoms with E-state index >= 15 is 0 Å². The summed E-state index contributed by atoms with van der Waals surface area (Å²) in [7, 11) is 0. The highest BCUT2D eigenvalue weighted by molar-refractivity contribution is 5.22. The Morgan fingerprint density at radius 1 is 1.55 bits per heavy atom. The van der Waals surface area contributed by atoms with Gasteiger partial charge in [0.25, 0.3) is 0 Å². The first-order valence-electron chi connectivity index (χ1n) is 4.11. The van der Waals surface area contributed by atoms with Gasteiger partial charge in [0, 0.05) is 0 Å². The quantitative estimate of drug-likeness (QED) is 0.584. The summed E-state index contributed by atoms with van der Waals surface area (Å²) in [6, 6.07) is 0. The van der Waals surface area contributed by atoms with Crippen molar-refractivity contribution in [1.82, 2.24) is 0 Å². The first-order valence-corrected chi connectivity index (χ1v) is 4.11. The van der Waals surface area contributed by atoms with Crippen LogP contribution in [0.3, 0.4) is 0 Å². The second-order valence-electron chi connectivity index (χ2n) is 3.68. The van der Waals surface area contributed by atoms with Crippen LogP contribution in [-0.2, 0) is 0 Å². The zero-order valence-electron chi connectivity index (χ0n) is 7.23. The predicted molar refractivity (Wildman–Crippen MR) is 46.3 cm³/mol. The van der Waals surface area contributed by atoms with Gasteiger partial charge in [0.05, 0.1) is 0 Å². The molecule has 0 aromatic carbocycles. The summed E-state index contributed by atoms with van der Waals surface area (Å²) in [4.78, 5) is 0. The fourth-order valence-electron chi connectivity index (χ4n) is 1.13. The molecule has 0 unspecified atom stereocenters. The lowest BCUT2D eigenvalue weighted by molar-refractivity contribution is 0.202. The van der Waals surface area contributed by atoms with E-state index in [1.54, 1.807) is 13.8 Å². The van der Waals surface area contributed by atoms with E-state index in [9.17, 15) is 4.39 Å². The molecular formula is C10H15F. The van der Waals surface area contributed by atoms with Crippen LogP contribution in [0, 0.1) is 0 Å². The Kier molecular flexibility index (Phi) is 2.48. The SMILES string of the molecule is CC(C)(F)CCC1=CC=CC1. The molecule has 0 bridgehead atoms. The Balaban J connectivity index is 2.23. The Labute approximate surface area is 67.8 Å². The van der Waals surface area contributed by atoms with Crippen LogP contribution in [-0.4, -0.2) is 5.67 Å². The van der Waals surface area contributed by atoms with E-state index in [-0.39, 0.29) is 0 Å². The van der Waals surface area contributed by atoms with Crippen molar-refractivity contribution < 1.29 is 4.39 Å². The smallest absolute Gasteiger partial charge is 0.105 e. The zero-order valence-corrected chi connectivity index (χ0v) is 7.23. The molecule has 0 heterocycles. The molecule has 1 rings (SSSR count). The molecule has 0 aliphatic heterocycles. The average molecular weight is 154 g/mol. The summed E-state index contributed by atoms with van der Waals surface area (Å²) in [5.74, 6) is 0. The number of hydrogen-bond donors (Lipinski definition) is 0. The topological polar surface area (TPSA) is 0 Å². The minimum Gasteiger partial charge on any atom is -0.244 e. The summed E-state index contributed by atoms with van der Waals surface area (Å²) in [5, 5.41) is 0. The van der Waals surface area contributed by atoms with E-state index in [0.717, 1.165) is 12.8 Å². The standard InChI is InChI=1S/C10H15F/c1-10(2,11)8-7-9-5-3-4-6-9/h3-5H,6-8H2,1-2H3. The molecule has 0 amide bonds. The highest BCUT2D eigenvalue weighted by atomic mass is 19.1. The van der Waals surface area contributed by atoms with Crippen molar-refractivity contribution in [2.75, 3.05) is 0 Å². The molecule has 0 saturated carbocycles. The van der Waals surface area contributed by atoms with Crippen LogP contribution in [0.5, 0.6) is 0 Å². The monoisotopic (exact) mass is 154 g/mol. The van der Waals surface area contributed by atoms with E-state index in [1.165, 1.54) is 5.57 Å². The zero-order chi connectivity index (χ0) is 8.32. The lowest BCUT2D eigenvalue weighted by Gasteiger charge is -2.13. The average Bonchev–Trinajstić information content (AvgIpc) is 2.32. The van der Waals surface area contributed by atoms with Gasteiger partial charge in [-0.3, -0.25) is 0 Å². The number of halogens is 1. The van der Waals surface area contributed by atoms with Crippen molar-refractivity contribution in [1.29, 1.82) is 0 Å². The van der Waals surface area contributed by atoms with Gasteiger partial charge in [0.2, 0.25) is 0 Å². The molecule has 0 aromatic rings. The molecule has 1 heteroatoms. The van der Waals surface area contributed by atoms with Gasteiger partial charge in [0.1, 0.15) is 5.67 Å². The molecule has 62 valence electrons. The maximum atomic E-state index is 13.0. The molecule has 0 spiro atoms. The summed E-state index contributed by atoms with van der Waals surface area (Å²) in [5.41, 5.74) is 0.347. The normalized spacial score (nSPS) is 17.2. The van der Waals surface area contributed by atoms with Crippen LogP contribution in [0.15, 0.2) is 23.8 Å². The van der Waals surface area contributed by atoms with Gasteiger partial charge in [-0.2, -0.15) is 0 Å². The molecule has 0 atom stereocenters. The minimum atomic E-state index is -1.01. The third-order valence-electron chi connectivity index (χ3n) is 1.89. The Morgan fingerprint density at radius 3 is 2.73 bits per heavy atom. The highest BCUT2D eigenvalue weighted by Crippen LogP contribution is 2.23. The first kappa shape index (κ1) is 8.51. The van der Waals surface area contributed by atoms with Crippen molar-refractivity contribution >= 4 is 0 Å². The summed E-state index contributed by atoms with van der Waals surface area (Å²) in [6.45, 7) is 3.27. The Morgan fingerprint density at radius 2 is 2.27 bits per heavy atom. The number of allylic oxidation sites excluding steroid dienone is 4. The molecule has 0 fully saturated rings. The summed E-state index contributed by atoms with van der Waals surface area (Å²) < 4.78 is 13.0. The van der Waals surface area contributed by atoms with E-state index in [4.69, 9.17) is 0 Å². The van der Waals surface area contributed by atoms with E-state index in [0.29, 0.717) is 6.42 Å². The fraction of sp³-hybridized carbons (Fsp3) is 0.600. The van der Waals surface area contributed by atoms with Crippen molar-refractivity contribution in [2.24, 2.45) is 0 Å². The fourth-order valence-corrected chi connectivity index (χ4v) is 1.13. The maximum absolute atomic E-state index is 13.0. The summed E-state index contributed by atoms with van der Waals surface area (Å²) >= 11 is 0. The Hall–Kier alpha value is -0.590. The van der Waals surface area contributed by atoms with Gasteiger partial charge < -0.3 is 0 Å². The number of alkyl halides is 1. The second kappa shape index (κ2) is 3.21. The molecule has 0 nitrogen and oxygen atoms in total. The molecule has 0 saturated heterocycles. The van der Waals surface area contributed by atoms with Crippen molar-refractivity contribution in [3.63, 3.8) is 0 Å². The predicted octanol–water partition coefficient (Wildman–Crippen LogP) is 3.40. The highest BCUT2D eigenvalue weighted by Gasteiger charge is 2.15. The largest absolute Gasteiger partial charge is 0.244 e. The second-order valence-corrected chi connectivity index (χ2v) is 3.68. The van der Waals surface area contributed by atoms with Gasteiger partial charge in [0.15, 0.2) is 0 Å². The van der Waals surface area contributed by atoms with Crippen molar-refractivity contribution in [3.8, 4) is 0 Å². The molecule has 11 heavy (non-hydrogen) atoms. The Bertz CT molecular complexity index is 182. The van der Waals surface area contributed by atoms with Crippen LogP contribution in [0.25, 0.3) is 0 Å². The molecule has 1 aliphatic carbocycles. The van der Waals surface area contributed by atoms with Crippen LogP contribution in [0.2, 0.25) is 0 Å². The third-order valence-corrected chi connectivity index (χ3v) is 1.89. The number of hydrogen-bond acceptors (Lipinski definition) is 0. The molecule has 0 aromatic heterocycles. The van der Waals surface area contributed by atoms with Gasteiger partial charge in [-0.1, -0.05) is 23.8 Å². The van der Waals surface area contributed by atoms with Crippen molar-refractivity contribution in [2.45, 2.75) is 38.8 Å². The van der Waals surface area contributed by atoms with Gasteiger partial charge in [-0.15, -0.1) is 0 Å². The van der Waals surface area contributed by atoms with E-state index in [2.05, 4.69) is 12.2 Å². The van der Waals surface area contributed by atoms with E-state index in [1.807, 2.05) is 6.08 Å². The van der Waals surface area contributed by atoms with Gasteiger partial charge in [-0.25, -0.2) is 4.39 Å². The molecular weight excluding hydrogens is 139 g/mol. The molecule has 0 N–H and O–H groups in total. The van der Waals surface area contributed by atoms with E-state index < -0.39 is 5.67 Å². The lowest BCUT2D eigenvalue weighted by Crippen LogP contribution is -2.11. The maximum Gasteiger partial charge on any atom is 0.105 e. The van der Waals surface area contributed by atoms with Crippen LogP contribution in [0.1, 0.15) is 33.1 Å². The van der Waals surface area contributed by atoms with Crippen molar-refractivity contribution in [3.05, 3.63) is 23.8 Å². The first-order chi connectivity index (χ1) is 5.08. The van der Waals surface area contributed by atoms with Crippen LogP contribution < -0.4 is 0 Å². The summed E-state index contributed by atoms with van der Waals surface area (Å²) in [6.07, 6.45) is 8.81. The van der Waals surface area contributed by atoms with Gasteiger partial charge >= 0.3 is 0 Å². The lowest BCUT2D eigenvalue weighted by atomic mass is 10.00. The molecule has 1 aliphatic rings. The molecule has 0 radical (unpaired) electrons. The van der Waals surface area contributed by atoms with Gasteiger partial charge in [-0.05, 0) is 33.1 Å².